The quantitative estimate of drug-likeness (QED) is 0.909. The lowest BCUT2D eigenvalue weighted by molar-refractivity contribution is 0.0700. The number of benzene rings is 1. The second-order valence-electron chi connectivity index (χ2n) is 5.94. The van der Waals surface area contributed by atoms with Gasteiger partial charge in [0.2, 0.25) is 0 Å². The van der Waals surface area contributed by atoms with E-state index in [0.717, 1.165) is 31.7 Å². The summed E-state index contributed by atoms with van der Waals surface area (Å²) >= 11 is 0. The number of nitrogens with zero attached hydrogens (tertiary/aromatic N) is 3. The minimum atomic E-state index is 0.0909. The molecule has 0 amide bonds. The molecule has 2 aromatic rings. The van der Waals surface area contributed by atoms with Gasteiger partial charge in [-0.05, 0) is 11.1 Å². The van der Waals surface area contributed by atoms with Gasteiger partial charge in [-0.15, -0.1) is 0 Å². The van der Waals surface area contributed by atoms with E-state index in [4.69, 9.17) is 9.84 Å². The van der Waals surface area contributed by atoms with Crippen LogP contribution in [0.25, 0.3) is 0 Å². The number of hydrogen-bond donors (Lipinski definition) is 1. The van der Waals surface area contributed by atoms with Gasteiger partial charge in [-0.3, -0.25) is 4.90 Å². The number of hydrogen-bond acceptors (Lipinski definition) is 4. The van der Waals surface area contributed by atoms with Crippen molar-refractivity contribution < 1.29 is 9.84 Å². The number of imidazole rings is 1. The fourth-order valence-electron chi connectivity index (χ4n) is 3.10. The average molecular weight is 301 g/mol. The molecule has 1 aliphatic heterocycles. The van der Waals surface area contributed by atoms with Crippen molar-refractivity contribution in [3.63, 3.8) is 0 Å². The second-order valence-corrected chi connectivity index (χ2v) is 5.94. The van der Waals surface area contributed by atoms with Crippen LogP contribution in [0.4, 0.5) is 0 Å². The van der Waals surface area contributed by atoms with Crippen LogP contribution in [0.2, 0.25) is 0 Å². The Balaban J connectivity index is 1.78. The molecular formula is C17H23N3O2. The molecule has 1 aromatic carbocycles. The summed E-state index contributed by atoms with van der Waals surface area (Å²) in [5.41, 5.74) is 4.68. The van der Waals surface area contributed by atoms with Gasteiger partial charge < -0.3 is 14.4 Å². The summed E-state index contributed by atoms with van der Waals surface area (Å²) < 4.78 is 7.53. The molecule has 0 saturated carbocycles. The Labute approximate surface area is 131 Å². The molecule has 0 unspecified atom stereocenters. The highest BCUT2D eigenvalue weighted by Gasteiger charge is 2.28. The van der Waals surface area contributed by atoms with Crippen molar-refractivity contribution in [3.05, 3.63) is 53.1 Å². The zero-order valence-corrected chi connectivity index (χ0v) is 13.2. The van der Waals surface area contributed by atoms with Crippen molar-refractivity contribution in [1.82, 2.24) is 14.5 Å². The Morgan fingerprint density at radius 2 is 2.00 bits per heavy atom. The maximum Gasteiger partial charge on any atom is 0.0949 e. The molecule has 5 nitrogen and oxygen atoms in total. The summed E-state index contributed by atoms with van der Waals surface area (Å²) in [4.78, 5) is 6.94. The van der Waals surface area contributed by atoms with E-state index in [1.807, 2.05) is 18.5 Å². The number of ether oxygens (including phenoxy) is 1. The standard InChI is InChI=1S/C17H23N3O2/c1-19-12-18-16-9-20(15(11-22-2)7-17(16)19)8-13-3-5-14(10-21)6-4-13/h3-6,12,15,21H,7-11H2,1-2H3/t15-/m1/s1. The number of methoxy groups -OCH3 is 1. The third-order valence-electron chi connectivity index (χ3n) is 4.39. The zero-order chi connectivity index (χ0) is 15.5. The van der Waals surface area contributed by atoms with Crippen LogP contribution in [0.3, 0.4) is 0 Å². The Kier molecular flexibility index (Phi) is 4.57. The minimum absolute atomic E-state index is 0.0909. The van der Waals surface area contributed by atoms with Gasteiger partial charge in [0.05, 0.1) is 25.2 Å². The van der Waals surface area contributed by atoms with E-state index in [-0.39, 0.29) is 6.61 Å². The van der Waals surface area contributed by atoms with Gasteiger partial charge in [-0.25, -0.2) is 4.98 Å². The summed E-state index contributed by atoms with van der Waals surface area (Å²) in [7, 11) is 3.81. The molecule has 5 heteroatoms. The maximum atomic E-state index is 9.14. The van der Waals surface area contributed by atoms with Crippen molar-refractivity contribution >= 4 is 0 Å². The van der Waals surface area contributed by atoms with Gasteiger partial charge in [0, 0.05) is 45.4 Å². The largest absolute Gasteiger partial charge is 0.392 e. The van der Waals surface area contributed by atoms with Gasteiger partial charge in [-0.1, -0.05) is 24.3 Å². The Morgan fingerprint density at radius 1 is 1.27 bits per heavy atom. The Bertz CT molecular complexity index is 621. The molecule has 1 atom stereocenters. The molecule has 118 valence electrons. The second kappa shape index (κ2) is 6.60. The number of rotatable bonds is 5. The van der Waals surface area contributed by atoms with Gasteiger partial charge in [0.1, 0.15) is 0 Å². The molecule has 1 aromatic heterocycles. The fourth-order valence-corrected chi connectivity index (χ4v) is 3.10. The van der Waals surface area contributed by atoms with Crippen LogP contribution in [-0.4, -0.2) is 39.3 Å². The zero-order valence-electron chi connectivity index (χ0n) is 13.2. The van der Waals surface area contributed by atoms with Gasteiger partial charge in [0.25, 0.3) is 0 Å². The lowest BCUT2D eigenvalue weighted by Gasteiger charge is -2.35. The van der Waals surface area contributed by atoms with Gasteiger partial charge in [0.15, 0.2) is 0 Å². The predicted molar refractivity (Wildman–Crippen MR) is 84.2 cm³/mol. The van der Waals surface area contributed by atoms with E-state index in [2.05, 4.69) is 33.6 Å². The van der Waals surface area contributed by atoms with Crippen LogP contribution in [0.5, 0.6) is 0 Å². The molecular weight excluding hydrogens is 278 g/mol. The molecule has 0 aliphatic carbocycles. The van der Waals surface area contributed by atoms with Crippen LogP contribution >= 0.6 is 0 Å². The van der Waals surface area contributed by atoms with E-state index in [9.17, 15) is 0 Å². The number of aryl methyl sites for hydroxylation is 1. The van der Waals surface area contributed by atoms with E-state index < -0.39 is 0 Å². The van der Waals surface area contributed by atoms with Crippen LogP contribution < -0.4 is 0 Å². The highest BCUT2D eigenvalue weighted by atomic mass is 16.5. The lowest BCUT2D eigenvalue weighted by Crippen LogP contribution is -2.43. The predicted octanol–water partition coefficient (Wildman–Crippen LogP) is 1.49. The van der Waals surface area contributed by atoms with Crippen LogP contribution in [0.15, 0.2) is 30.6 Å². The van der Waals surface area contributed by atoms with Crippen LogP contribution in [-0.2, 0) is 37.9 Å². The third kappa shape index (κ3) is 3.06. The fraction of sp³-hybridized carbons (Fsp3) is 0.471. The van der Waals surface area contributed by atoms with E-state index in [1.54, 1.807) is 7.11 Å². The first-order valence-corrected chi connectivity index (χ1v) is 7.62. The molecule has 22 heavy (non-hydrogen) atoms. The topological polar surface area (TPSA) is 50.5 Å². The average Bonchev–Trinajstić information content (AvgIpc) is 2.89. The number of fused-ring (bicyclic) bond motifs is 1. The lowest BCUT2D eigenvalue weighted by atomic mass is 10.0. The summed E-state index contributed by atoms with van der Waals surface area (Å²) in [5.74, 6) is 0. The van der Waals surface area contributed by atoms with Crippen molar-refractivity contribution in [2.45, 2.75) is 32.2 Å². The molecule has 0 bridgehead atoms. The first-order chi connectivity index (χ1) is 10.7. The van der Waals surface area contributed by atoms with Gasteiger partial charge >= 0.3 is 0 Å². The third-order valence-corrected chi connectivity index (χ3v) is 4.39. The summed E-state index contributed by atoms with van der Waals surface area (Å²) in [6.45, 7) is 2.54. The Morgan fingerprint density at radius 3 is 2.68 bits per heavy atom. The molecule has 0 fully saturated rings. The van der Waals surface area contributed by atoms with E-state index in [0.29, 0.717) is 6.04 Å². The summed E-state index contributed by atoms with van der Waals surface area (Å²) in [5, 5.41) is 9.14. The van der Waals surface area contributed by atoms with Gasteiger partial charge in [-0.2, -0.15) is 0 Å². The van der Waals surface area contributed by atoms with Crippen LogP contribution in [0, 0.1) is 0 Å². The number of aliphatic hydroxyl groups is 1. The SMILES string of the molecule is COC[C@H]1Cc2c(ncn2C)CN1Cc1ccc(CO)cc1. The van der Waals surface area contributed by atoms with Crippen molar-refractivity contribution in [3.8, 4) is 0 Å². The molecule has 3 rings (SSSR count). The number of aliphatic hydroxyl groups excluding tert-OH is 1. The van der Waals surface area contributed by atoms with E-state index in [1.165, 1.54) is 17.0 Å². The normalized spacial score (nSPS) is 18.4. The van der Waals surface area contributed by atoms with Crippen molar-refractivity contribution in [2.75, 3.05) is 13.7 Å². The summed E-state index contributed by atoms with van der Waals surface area (Å²) in [6.07, 6.45) is 2.86. The molecule has 1 aliphatic rings. The first kappa shape index (κ1) is 15.2. The highest BCUT2D eigenvalue weighted by molar-refractivity contribution is 5.23. The molecule has 0 radical (unpaired) electrons. The monoisotopic (exact) mass is 301 g/mol. The first-order valence-electron chi connectivity index (χ1n) is 7.62. The summed E-state index contributed by atoms with van der Waals surface area (Å²) in [6, 6.07) is 8.51. The smallest absolute Gasteiger partial charge is 0.0949 e. The van der Waals surface area contributed by atoms with Crippen molar-refractivity contribution in [2.24, 2.45) is 7.05 Å². The van der Waals surface area contributed by atoms with Crippen LogP contribution in [0.1, 0.15) is 22.5 Å². The molecule has 1 N–H and O–H groups in total. The maximum absolute atomic E-state index is 9.14. The highest BCUT2D eigenvalue weighted by Crippen LogP contribution is 2.24. The molecule has 2 heterocycles. The van der Waals surface area contributed by atoms with E-state index >= 15 is 0 Å². The minimum Gasteiger partial charge on any atom is -0.392 e. The molecule has 0 saturated heterocycles. The number of aromatic nitrogens is 2. The molecule has 0 spiro atoms. The van der Waals surface area contributed by atoms with Crippen molar-refractivity contribution in [1.29, 1.82) is 0 Å². The Hall–Kier alpha value is -1.69.